The summed E-state index contributed by atoms with van der Waals surface area (Å²) >= 11 is 12.0. The lowest BCUT2D eigenvalue weighted by atomic mass is 10.1. The number of amides is 1. The van der Waals surface area contributed by atoms with Crippen LogP contribution in [0.2, 0.25) is 10.0 Å². The summed E-state index contributed by atoms with van der Waals surface area (Å²) < 4.78 is 68.8. The lowest BCUT2D eigenvalue weighted by Crippen LogP contribution is -2.33. The van der Waals surface area contributed by atoms with Gasteiger partial charge in [-0.1, -0.05) is 55.2 Å². The summed E-state index contributed by atoms with van der Waals surface area (Å²) in [6.45, 7) is 4.59. The van der Waals surface area contributed by atoms with E-state index in [9.17, 15) is 26.4 Å². The number of hydrogen-bond acceptors (Lipinski definition) is 4. The van der Waals surface area contributed by atoms with Gasteiger partial charge in [-0.05, 0) is 60.0 Å². The standard InChI is InChI=1S/C25H22Cl2F3NO4S/c1-16(2)14-31(24(32)18-8-11-22(26)23(27)12-18)15-17-6-9-20(10-7-17)35-36(33,34)21-5-3-4-19(13-21)25(28,29)30/h3-13,16H,14-15H2,1-2H3. The van der Waals surface area contributed by atoms with Crippen molar-refractivity contribution in [2.75, 3.05) is 6.54 Å². The fourth-order valence-corrected chi connectivity index (χ4v) is 4.62. The minimum Gasteiger partial charge on any atom is -0.379 e. The second kappa shape index (κ2) is 11.1. The smallest absolute Gasteiger partial charge is 0.379 e. The highest BCUT2D eigenvalue weighted by Crippen LogP contribution is 2.31. The zero-order valence-corrected chi connectivity index (χ0v) is 21.5. The number of halogens is 5. The van der Waals surface area contributed by atoms with E-state index in [0.29, 0.717) is 28.8 Å². The van der Waals surface area contributed by atoms with Gasteiger partial charge in [0, 0.05) is 18.7 Å². The Morgan fingerprint density at radius 2 is 1.64 bits per heavy atom. The minimum atomic E-state index is -4.69. The average molecular weight is 560 g/mol. The molecule has 0 aliphatic heterocycles. The Balaban J connectivity index is 1.77. The molecule has 0 saturated heterocycles. The van der Waals surface area contributed by atoms with Gasteiger partial charge in [0.15, 0.2) is 0 Å². The molecule has 0 spiro atoms. The summed E-state index contributed by atoms with van der Waals surface area (Å²) in [5.41, 5.74) is -0.0375. The first-order valence-corrected chi connectivity index (χ1v) is 12.9. The molecule has 5 nitrogen and oxygen atoms in total. The number of nitrogens with zero attached hydrogens (tertiary/aromatic N) is 1. The largest absolute Gasteiger partial charge is 0.416 e. The van der Waals surface area contributed by atoms with Crippen LogP contribution in [0.1, 0.15) is 35.3 Å². The van der Waals surface area contributed by atoms with Crippen LogP contribution in [0.4, 0.5) is 13.2 Å². The van der Waals surface area contributed by atoms with Crippen LogP contribution in [0.3, 0.4) is 0 Å². The Labute approximate surface area is 217 Å². The van der Waals surface area contributed by atoms with Gasteiger partial charge in [-0.15, -0.1) is 0 Å². The van der Waals surface area contributed by atoms with Crippen LogP contribution < -0.4 is 4.18 Å². The molecule has 0 fully saturated rings. The van der Waals surface area contributed by atoms with Crippen LogP contribution >= 0.6 is 23.2 Å². The lowest BCUT2D eigenvalue weighted by Gasteiger charge is -2.25. The highest BCUT2D eigenvalue weighted by molar-refractivity contribution is 7.87. The molecular formula is C25H22Cl2F3NO4S. The minimum absolute atomic E-state index is 0.0811. The molecule has 0 radical (unpaired) electrons. The first-order chi connectivity index (χ1) is 16.8. The molecule has 0 bridgehead atoms. The predicted molar refractivity (Wildman–Crippen MR) is 132 cm³/mol. The van der Waals surface area contributed by atoms with Crippen molar-refractivity contribution in [3.63, 3.8) is 0 Å². The van der Waals surface area contributed by atoms with Crippen LogP contribution in [-0.4, -0.2) is 25.8 Å². The number of rotatable bonds is 8. The Hall–Kier alpha value is -2.75. The fraction of sp³-hybridized carbons (Fsp3) is 0.240. The average Bonchev–Trinajstić information content (AvgIpc) is 2.80. The van der Waals surface area contributed by atoms with Crippen molar-refractivity contribution >= 4 is 39.2 Å². The third-order valence-corrected chi connectivity index (χ3v) is 6.97. The summed E-state index contributed by atoms with van der Waals surface area (Å²) in [5.74, 6) is -0.172. The summed E-state index contributed by atoms with van der Waals surface area (Å²) in [5, 5.41) is 0.592. The third-order valence-electron chi connectivity index (χ3n) is 4.99. The van der Waals surface area contributed by atoms with Crippen LogP contribution in [0.25, 0.3) is 0 Å². The number of carbonyl (C=O) groups is 1. The molecule has 11 heteroatoms. The quantitative estimate of drug-likeness (QED) is 0.276. The Morgan fingerprint density at radius 1 is 0.972 bits per heavy atom. The summed E-state index contributed by atoms with van der Waals surface area (Å²) in [7, 11) is -4.49. The molecule has 0 saturated carbocycles. The Bertz CT molecular complexity index is 1340. The van der Waals surface area contributed by atoms with Crippen LogP contribution in [0, 0.1) is 5.92 Å². The van der Waals surface area contributed by atoms with E-state index < -0.39 is 26.8 Å². The molecule has 0 aromatic heterocycles. The van der Waals surface area contributed by atoms with Gasteiger partial charge in [0.05, 0.1) is 15.6 Å². The van der Waals surface area contributed by atoms with Gasteiger partial charge < -0.3 is 9.08 Å². The first kappa shape index (κ1) is 27.8. The topological polar surface area (TPSA) is 63.7 Å². The number of carbonyl (C=O) groups excluding carboxylic acids is 1. The molecule has 0 atom stereocenters. The van der Waals surface area contributed by atoms with Crippen molar-refractivity contribution in [3.8, 4) is 5.75 Å². The fourth-order valence-electron chi connectivity index (χ4n) is 3.35. The molecule has 192 valence electrons. The van der Waals surface area contributed by atoms with E-state index in [1.165, 1.54) is 18.2 Å². The normalized spacial score (nSPS) is 12.0. The number of benzene rings is 3. The predicted octanol–water partition coefficient (Wildman–Crippen LogP) is 7.08. The van der Waals surface area contributed by atoms with Crippen molar-refractivity contribution in [2.45, 2.75) is 31.5 Å². The van der Waals surface area contributed by atoms with E-state index in [-0.39, 0.29) is 29.1 Å². The van der Waals surface area contributed by atoms with Crippen molar-refractivity contribution < 1.29 is 30.6 Å². The summed E-state index contributed by atoms with van der Waals surface area (Å²) in [6.07, 6.45) is -4.69. The van der Waals surface area contributed by atoms with E-state index in [1.807, 2.05) is 13.8 Å². The second-order valence-corrected chi connectivity index (χ2v) is 10.8. The van der Waals surface area contributed by atoms with Gasteiger partial charge in [0.2, 0.25) is 0 Å². The maximum Gasteiger partial charge on any atom is 0.416 e. The van der Waals surface area contributed by atoms with Gasteiger partial charge >= 0.3 is 16.3 Å². The van der Waals surface area contributed by atoms with Gasteiger partial charge in [0.1, 0.15) is 10.6 Å². The van der Waals surface area contributed by atoms with E-state index in [0.717, 1.165) is 18.2 Å². The van der Waals surface area contributed by atoms with Gasteiger partial charge in [-0.2, -0.15) is 21.6 Å². The molecule has 3 rings (SSSR count). The zero-order chi connectivity index (χ0) is 26.7. The van der Waals surface area contributed by atoms with Gasteiger partial charge in [-0.25, -0.2) is 0 Å². The summed E-state index contributed by atoms with van der Waals surface area (Å²) in [6, 6.07) is 13.8. The third kappa shape index (κ3) is 7.15. The van der Waals surface area contributed by atoms with E-state index in [4.69, 9.17) is 27.4 Å². The molecule has 0 N–H and O–H groups in total. The monoisotopic (exact) mass is 559 g/mol. The van der Waals surface area contributed by atoms with Crippen molar-refractivity contribution in [3.05, 3.63) is 93.5 Å². The van der Waals surface area contributed by atoms with Crippen molar-refractivity contribution in [1.82, 2.24) is 4.90 Å². The number of hydrogen-bond donors (Lipinski definition) is 0. The van der Waals surface area contributed by atoms with Crippen LogP contribution in [0.15, 0.2) is 71.6 Å². The molecule has 0 unspecified atom stereocenters. The van der Waals surface area contributed by atoms with Crippen LogP contribution in [-0.2, 0) is 22.8 Å². The van der Waals surface area contributed by atoms with Gasteiger partial charge in [0.25, 0.3) is 5.91 Å². The highest BCUT2D eigenvalue weighted by Gasteiger charge is 2.32. The van der Waals surface area contributed by atoms with Crippen molar-refractivity contribution in [2.24, 2.45) is 5.92 Å². The SMILES string of the molecule is CC(C)CN(Cc1ccc(OS(=O)(=O)c2cccc(C(F)(F)F)c2)cc1)C(=O)c1ccc(Cl)c(Cl)c1. The molecule has 0 aliphatic carbocycles. The highest BCUT2D eigenvalue weighted by atomic mass is 35.5. The molecular weight excluding hydrogens is 538 g/mol. The second-order valence-electron chi connectivity index (χ2n) is 8.42. The lowest BCUT2D eigenvalue weighted by molar-refractivity contribution is -0.137. The molecule has 1 amide bonds. The maximum absolute atomic E-state index is 13.1. The van der Waals surface area contributed by atoms with Gasteiger partial charge in [-0.3, -0.25) is 4.79 Å². The maximum atomic E-state index is 13.1. The first-order valence-electron chi connectivity index (χ1n) is 10.7. The Morgan fingerprint density at radius 3 is 2.22 bits per heavy atom. The van der Waals surface area contributed by atoms with E-state index in [2.05, 4.69) is 0 Å². The zero-order valence-electron chi connectivity index (χ0n) is 19.2. The molecule has 36 heavy (non-hydrogen) atoms. The van der Waals surface area contributed by atoms with Crippen LogP contribution in [0.5, 0.6) is 5.75 Å². The Kier molecular flexibility index (Phi) is 8.59. The van der Waals surface area contributed by atoms with Crippen molar-refractivity contribution in [1.29, 1.82) is 0 Å². The molecule has 0 heterocycles. The van der Waals surface area contributed by atoms with E-state index in [1.54, 1.807) is 29.2 Å². The summed E-state index contributed by atoms with van der Waals surface area (Å²) in [4.78, 5) is 14.1. The van der Waals surface area contributed by atoms with E-state index >= 15 is 0 Å². The molecule has 3 aromatic rings. The molecule has 0 aliphatic rings. The number of alkyl halides is 3. The molecule has 3 aromatic carbocycles.